The molecule has 1 atom stereocenters. The van der Waals surface area contributed by atoms with Gasteiger partial charge in [-0.2, -0.15) is 11.8 Å². The number of rotatable bonds is 9. The van der Waals surface area contributed by atoms with Crippen LogP contribution in [0.1, 0.15) is 24.8 Å². The molecular weight excluding hydrogens is 336 g/mol. The molecule has 2 amide bonds. The summed E-state index contributed by atoms with van der Waals surface area (Å²) in [6.45, 7) is 1.90. The summed E-state index contributed by atoms with van der Waals surface area (Å²) in [4.78, 5) is 26.3. The Kier molecular flexibility index (Phi) is 8.12. The molecule has 6 heteroatoms. The molecule has 138 valence electrons. The van der Waals surface area contributed by atoms with Gasteiger partial charge in [0.25, 0.3) is 0 Å². The lowest BCUT2D eigenvalue weighted by molar-refractivity contribution is -0.138. The van der Waals surface area contributed by atoms with Crippen molar-refractivity contribution in [3.8, 4) is 5.75 Å². The zero-order valence-electron chi connectivity index (χ0n) is 15.1. The van der Waals surface area contributed by atoms with Crippen molar-refractivity contribution in [2.24, 2.45) is 5.92 Å². The number of ether oxygens (including phenoxy) is 1. The summed E-state index contributed by atoms with van der Waals surface area (Å²) >= 11 is 1.78. The van der Waals surface area contributed by atoms with Crippen molar-refractivity contribution in [1.29, 1.82) is 0 Å². The predicted molar refractivity (Wildman–Crippen MR) is 102 cm³/mol. The molecule has 1 N–H and O–H groups in total. The van der Waals surface area contributed by atoms with Crippen molar-refractivity contribution in [3.63, 3.8) is 0 Å². The number of amides is 2. The molecule has 1 aromatic carbocycles. The van der Waals surface area contributed by atoms with Gasteiger partial charge in [-0.25, -0.2) is 0 Å². The van der Waals surface area contributed by atoms with Crippen LogP contribution in [0.2, 0.25) is 0 Å². The molecule has 2 rings (SSSR count). The molecular formula is C19H28N2O3S. The van der Waals surface area contributed by atoms with Crippen molar-refractivity contribution in [2.45, 2.75) is 25.7 Å². The minimum atomic E-state index is -0.0807. The number of nitrogens with one attached hydrogen (secondary N) is 1. The molecule has 0 saturated carbocycles. The molecule has 0 aliphatic carbocycles. The van der Waals surface area contributed by atoms with Crippen LogP contribution in [0.25, 0.3) is 0 Å². The average molecular weight is 365 g/mol. The number of hydrogen-bond donors (Lipinski definition) is 1. The number of thioether (sulfide) groups is 1. The first-order chi connectivity index (χ1) is 12.1. The minimum Gasteiger partial charge on any atom is -0.497 e. The topological polar surface area (TPSA) is 58.6 Å². The Hall–Kier alpha value is -1.69. The van der Waals surface area contributed by atoms with Gasteiger partial charge in [0, 0.05) is 26.1 Å². The number of methoxy groups -OCH3 is 1. The Morgan fingerprint density at radius 1 is 1.36 bits per heavy atom. The van der Waals surface area contributed by atoms with E-state index in [4.69, 9.17) is 4.74 Å². The Labute approximate surface area is 154 Å². The number of carbonyl (C=O) groups is 2. The highest BCUT2D eigenvalue weighted by Gasteiger charge is 2.29. The zero-order valence-corrected chi connectivity index (χ0v) is 15.9. The largest absolute Gasteiger partial charge is 0.497 e. The van der Waals surface area contributed by atoms with Crippen LogP contribution in [0, 0.1) is 5.92 Å². The van der Waals surface area contributed by atoms with Gasteiger partial charge in [0.2, 0.25) is 11.8 Å². The number of likely N-dealkylation sites (tertiary alicyclic amines) is 1. The second-order valence-corrected chi connectivity index (χ2v) is 7.30. The minimum absolute atomic E-state index is 0.0807. The molecule has 0 spiro atoms. The van der Waals surface area contributed by atoms with Crippen molar-refractivity contribution in [2.75, 3.05) is 38.8 Å². The Morgan fingerprint density at radius 2 is 2.12 bits per heavy atom. The van der Waals surface area contributed by atoms with Gasteiger partial charge in [-0.15, -0.1) is 0 Å². The SMILES string of the molecule is COc1ccc(CCN2C[C@H](C(=O)NCCCSC)CCC2=O)cc1. The van der Waals surface area contributed by atoms with Crippen LogP contribution in [0.4, 0.5) is 0 Å². The van der Waals surface area contributed by atoms with Crippen LogP contribution in [0.5, 0.6) is 5.75 Å². The van der Waals surface area contributed by atoms with E-state index < -0.39 is 0 Å². The molecule has 1 aromatic rings. The van der Waals surface area contributed by atoms with Crippen molar-refractivity contribution in [3.05, 3.63) is 29.8 Å². The van der Waals surface area contributed by atoms with Crippen molar-refractivity contribution in [1.82, 2.24) is 10.2 Å². The van der Waals surface area contributed by atoms with E-state index in [0.29, 0.717) is 25.9 Å². The molecule has 0 radical (unpaired) electrons. The first-order valence-electron chi connectivity index (χ1n) is 8.81. The number of benzene rings is 1. The highest BCUT2D eigenvalue weighted by molar-refractivity contribution is 7.98. The quantitative estimate of drug-likeness (QED) is 0.684. The smallest absolute Gasteiger partial charge is 0.224 e. The molecule has 0 bridgehead atoms. The average Bonchev–Trinajstić information content (AvgIpc) is 2.65. The van der Waals surface area contributed by atoms with Gasteiger partial charge < -0.3 is 15.0 Å². The second-order valence-electron chi connectivity index (χ2n) is 6.31. The third-order valence-corrected chi connectivity index (χ3v) is 5.22. The maximum atomic E-state index is 12.3. The highest BCUT2D eigenvalue weighted by atomic mass is 32.2. The summed E-state index contributed by atoms with van der Waals surface area (Å²) < 4.78 is 5.16. The highest BCUT2D eigenvalue weighted by Crippen LogP contribution is 2.19. The second kappa shape index (κ2) is 10.3. The lowest BCUT2D eigenvalue weighted by Crippen LogP contribution is -2.46. The van der Waals surface area contributed by atoms with E-state index in [2.05, 4.69) is 11.6 Å². The molecule has 1 heterocycles. The van der Waals surface area contributed by atoms with Gasteiger partial charge in [0.1, 0.15) is 5.75 Å². The fourth-order valence-electron chi connectivity index (χ4n) is 2.97. The number of piperidine rings is 1. The van der Waals surface area contributed by atoms with Gasteiger partial charge in [-0.05, 0) is 49.0 Å². The fourth-order valence-corrected chi connectivity index (χ4v) is 3.41. The molecule has 1 fully saturated rings. The van der Waals surface area contributed by atoms with Gasteiger partial charge in [0.15, 0.2) is 0 Å². The van der Waals surface area contributed by atoms with E-state index in [1.54, 1.807) is 18.9 Å². The summed E-state index contributed by atoms with van der Waals surface area (Å²) in [6, 6.07) is 7.89. The van der Waals surface area contributed by atoms with E-state index in [-0.39, 0.29) is 17.7 Å². The summed E-state index contributed by atoms with van der Waals surface area (Å²) in [6.07, 6.45) is 4.96. The maximum Gasteiger partial charge on any atom is 0.224 e. The molecule has 1 saturated heterocycles. The van der Waals surface area contributed by atoms with Gasteiger partial charge in [0.05, 0.1) is 13.0 Å². The number of nitrogens with zero attached hydrogens (tertiary/aromatic N) is 1. The van der Waals surface area contributed by atoms with E-state index in [1.165, 1.54) is 0 Å². The third kappa shape index (κ3) is 6.27. The summed E-state index contributed by atoms with van der Waals surface area (Å²) in [7, 11) is 1.65. The van der Waals surface area contributed by atoms with E-state index in [9.17, 15) is 9.59 Å². The first-order valence-corrected chi connectivity index (χ1v) is 10.2. The molecule has 1 aliphatic heterocycles. The molecule has 0 aromatic heterocycles. The number of hydrogen-bond acceptors (Lipinski definition) is 4. The summed E-state index contributed by atoms with van der Waals surface area (Å²) in [5, 5.41) is 3.00. The first kappa shape index (κ1) is 19.6. The van der Waals surface area contributed by atoms with Gasteiger partial charge >= 0.3 is 0 Å². The van der Waals surface area contributed by atoms with Crippen LogP contribution < -0.4 is 10.1 Å². The number of carbonyl (C=O) groups excluding carboxylic acids is 2. The van der Waals surface area contributed by atoms with Crippen molar-refractivity contribution >= 4 is 23.6 Å². The van der Waals surface area contributed by atoms with Crippen LogP contribution in [-0.2, 0) is 16.0 Å². The zero-order chi connectivity index (χ0) is 18.1. The predicted octanol–water partition coefficient (Wildman–Crippen LogP) is 2.35. The lowest BCUT2D eigenvalue weighted by Gasteiger charge is -2.32. The van der Waals surface area contributed by atoms with E-state index >= 15 is 0 Å². The Balaban J connectivity index is 1.80. The molecule has 1 aliphatic rings. The normalized spacial score (nSPS) is 17.4. The third-order valence-electron chi connectivity index (χ3n) is 4.52. The lowest BCUT2D eigenvalue weighted by atomic mass is 9.96. The standard InChI is InChI=1S/C19H28N2O3S/c1-24-17-7-4-15(5-8-17)10-12-21-14-16(6-9-18(21)22)19(23)20-11-3-13-25-2/h4-5,7-8,16H,3,6,9-14H2,1-2H3,(H,20,23)/t16-/m1/s1. The Bertz CT molecular complexity index is 562. The van der Waals surface area contributed by atoms with Crippen LogP contribution in [0.15, 0.2) is 24.3 Å². The van der Waals surface area contributed by atoms with E-state index in [0.717, 1.165) is 36.5 Å². The van der Waals surface area contributed by atoms with Crippen LogP contribution in [-0.4, -0.2) is 55.5 Å². The fraction of sp³-hybridized carbons (Fsp3) is 0.579. The van der Waals surface area contributed by atoms with E-state index in [1.807, 2.05) is 29.2 Å². The monoisotopic (exact) mass is 364 g/mol. The van der Waals surface area contributed by atoms with Crippen LogP contribution in [0.3, 0.4) is 0 Å². The van der Waals surface area contributed by atoms with Crippen molar-refractivity contribution < 1.29 is 14.3 Å². The van der Waals surface area contributed by atoms with Gasteiger partial charge in [-0.3, -0.25) is 9.59 Å². The van der Waals surface area contributed by atoms with Gasteiger partial charge in [-0.1, -0.05) is 12.1 Å². The Morgan fingerprint density at radius 3 is 2.80 bits per heavy atom. The molecule has 25 heavy (non-hydrogen) atoms. The summed E-state index contributed by atoms with van der Waals surface area (Å²) in [5.41, 5.74) is 1.16. The maximum absolute atomic E-state index is 12.3. The summed E-state index contributed by atoms with van der Waals surface area (Å²) in [5.74, 6) is 2.04. The molecule has 5 nitrogen and oxygen atoms in total. The van der Waals surface area contributed by atoms with Crippen LogP contribution >= 0.6 is 11.8 Å². The molecule has 0 unspecified atom stereocenters.